The van der Waals surface area contributed by atoms with Crippen molar-refractivity contribution in [2.75, 3.05) is 53.0 Å². The quantitative estimate of drug-likeness (QED) is 0.604. The van der Waals surface area contributed by atoms with Crippen molar-refractivity contribution in [2.45, 2.75) is 19.8 Å². The van der Waals surface area contributed by atoms with Crippen molar-refractivity contribution < 1.29 is 9.53 Å². The molecule has 0 aromatic heterocycles. The Morgan fingerprint density at radius 3 is 2.72 bits per heavy atom. The number of ether oxygens (including phenoxy) is 1. The number of amides is 1. The highest BCUT2D eigenvalue weighted by molar-refractivity contribution is 5.77. The molecule has 0 spiro atoms. The average Bonchev–Trinajstić information content (AvgIpc) is 2.37. The van der Waals surface area contributed by atoms with Crippen molar-refractivity contribution >= 4 is 5.91 Å². The van der Waals surface area contributed by atoms with E-state index in [4.69, 9.17) is 4.74 Å². The Morgan fingerprint density at radius 2 is 2.06 bits per heavy atom. The summed E-state index contributed by atoms with van der Waals surface area (Å²) in [7, 11) is 1.65. The molecule has 0 saturated carbocycles. The Hall–Kier alpha value is -0.650. The lowest BCUT2D eigenvalue weighted by Gasteiger charge is -2.30. The zero-order valence-electron chi connectivity index (χ0n) is 11.7. The van der Waals surface area contributed by atoms with Crippen LogP contribution < -0.4 is 10.6 Å². The maximum absolute atomic E-state index is 11.5. The topological polar surface area (TPSA) is 53.6 Å². The van der Waals surface area contributed by atoms with E-state index in [1.165, 1.54) is 25.9 Å². The third kappa shape index (κ3) is 6.93. The maximum Gasteiger partial charge on any atom is 0.234 e. The summed E-state index contributed by atoms with van der Waals surface area (Å²) in [6.07, 6.45) is 2.57. The van der Waals surface area contributed by atoms with Crippen LogP contribution in [0.3, 0.4) is 0 Å². The van der Waals surface area contributed by atoms with Crippen LogP contribution in [0.5, 0.6) is 0 Å². The maximum atomic E-state index is 11.5. The summed E-state index contributed by atoms with van der Waals surface area (Å²) in [6.45, 7) is 8.10. The Bertz CT molecular complexity index is 228. The van der Waals surface area contributed by atoms with Crippen LogP contribution in [0.2, 0.25) is 0 Å². The van der Waals surface area contributed by atoms with E-state index in [0.29, 0.717) is 19.7 Å². The Kier molecular flexibility index (Phi) is 7.96. The number of carbonyl (C=O) groups is 1. The number of nitrogens with zero attached hydrogens (tertiary/aromatic N) is 1. The van der Waals surface area contributed by atoms with Gasteiger partial charge in [0.1, 0.15) is 0 Å². The fourth-order valence-electron chi connectivity index (χ4n) is 2.08. The van der Waals surface area contributed by atoms with Gasteiger partial charge in [-0.1, -0.05) is 6.92 Å². The summed E-state index contributed by atoms with van der Waals surface area (Å²) in [5.41, 5.74) is 0. The number of likely N-dealkylation sites (tertiary alicyclic amines) is 1. The molecule has 18 heavy (non-hydrogen) atoms. The summed E-state index contributed by atoms with van der Waals surface area (Å²) in [4.78, 5) is 13.9. The largest absolute Gasteiger partial charge is 0.383 e. The molecule has 0 aliphatic carbocycles. The molecule has 0 atom stereocenters. The summed E-state index contributed by atoms with van der Waals surface area (Å²) >= 11 is 0. The van der Waals surface area contributed by atoms with E-state index in [1.54, 1.807) is 7.11 Å². The number of rotatable bonds is 8. The van der Waals surface area contributed by atoms with Gasteiger partial charge in [-0.2, -0.15) is 0 Å². The first-order valence-corrected chi connectivity index (χ1v) is 6.91. The van der Waals surface area contributed by atoms with Gasteiger partial charge in [0.25, 0.3) is 0 Å². The third-order valence-corrected chi connectivity index (χ3v) is 3.39. The average molecular weight is 257 g/mol. The molecule has 5 nitrogen and oxygen atoms in total. The lowest BCUT2D eigenvalue weighted by Crippen LogP contribution is -2.41. The van der Waals surface area contributed by atoms with Crippen molar-refractivity contribution in [3.8, 4) is 0 Å². The van der Waals surface area contributed by atoms with Crippen molar-refractivity contribution in [3.63, 3.8) is 0 Å². The van der Waals surface area contributed by atoms with Gasteiger partial charge < -0.3 is 20.3 Å². The van der Waals surface area contributed by atoms with Crippen molar-refractivity contribution in [3.05, 3.63) is 0 Å². The fraction of sp³-hybridized carbons (Fsp3) is 0.923. The van der Waals surface area contributed by atoms with Gasteiger partial charge in [-0.15, -0.1) is 0 Å². The van der Waals surface area contributed by atoms with Crippen LogP contribution in [-0.4, -0.2) is 63.8 Å². The second-order valence-corrected chi connectivity index (χ2v) is 5.04. The summed E-state index contributed by atoms with van der Waals surface area (Å²) in [6, 6.07) is 0. The van der Waals surface area contributed by atoms with Crippen molar-refractivity contribution in [2.24, 2.45) is 5.92 Å². The monoisotopic (exact) mass is 257 g/mol. The summed E-state index contributed by atoms with van der Waals surface area (Å²) in [5.74, 6) is 0.928. The van der Waals surface area contributed by atoms with E-state index >= 15 is 0 Å². The minimum Gasteiger partial charge on any atom is -0.383 e. The molecule has 1 aliphatic rings. The molecule has 0 bridgehead atoms. The first kappa shape index (κ1) is 15.4. The Labute approximate surface area is 110 Å². The van der Waals surface area contributed by atoms with Crippen LogP contribution in [0, 0.1) is 5.92 Å². The number of hydrogen-bond donors (Lipinski definition) is 2. The van der Waals surface area contributed by atoms with Crippen LogP contribution in [0.4, 0.5) is 0 Å². The molecule has 0 unspecified atom stereocenters. The van der Waals surface area contributed by atoms with Crippen molar-refractivity contribution in [1.82, 2.24) is 15.5 Å². The normalized spacial score (nSPS) is 17.9. The highest BCUT2D eigenvalue weighted by atomic mass is 16.5. The summed E-state index contributed by atoms with van der Waals surface area (Å²) in [5, 5.41) is 5.96. The van der Waals surface area contributed by atoms with Gasteiger partial charge >= 0.3 is 0 Å². The van der Waals surface area contributed by atoms with E-state index in [9.17, 15) is 4.79 Å². The zero-order chi connectivity index (χ0) is 13.2. The molecule has 1 heterocycles. The number of hydrogen-bond acceptors (Lipinski definition) is 4. The van der Waals surface area contributed by atoms with E-state index in [1.807, 2.05) is 0 Å². The number of methoxy groups -OCH3 is 1. The molecule has 106 valence electrons. The molecule has 0 aromatic rings. The number of piperidine rings is 1. The van der Waals surface area contributed by atoms with Crippen LogP contribution in [0.15, 0.2) is 0 Å². The van der Waals surface area contributed by atoms with Crippen LogP contribution in [0.1, 0.15) is 19.8 Å². The molecule has 0 aromatic carbocycles. The standard InChI is InChI=1S/C13H27N3O2/c1-12-3-7-16(8-4-12)9-5-15-13(17)11-14-6-10-18-2/h12,14H,3-11H2,1-2H3,(H,15,17). The van der Waals surface area contributed by atoms with Gasteiger partial charge in [0, 0.05) is 26.7 Å². The molecule has 2 N–H and O–H groups in total. The van der Waals surface area contributed by atoms with Crippen LogP contribution in [-0.2, 0) is 9.53 Å². The van der Waals surface area contributed by atoms with E-state index in [2.05, 4.69) is 22.5 Å². The number of nitrogens with one attached hydrogen (secondary N) is 2. The van der Waals surface area contributed by atoms with E-state index in [0.717, 1.165) is 19.0 Å². The molecule has 1 amide bonds. The highest BCUT2D eigenvalue weighted by Crippen LogP contribution is 2.14. The van der Waals surface area contributed by atoms with Gasteiger partial charge in [0.15, 0.2) is 0 Å². The SMILES string of the molecule is COCCNCC(=O)NCCN1CCC(C)CC1. The first-order chi connectivity index (χ1) is 8.72. The second-order valence-electron chi connectivity index (χ2n) is 5.04. The smallest absolute Gasteiger partial charge is 0.234 e. The molecule has 1 aliphatic heterocycles. The predicted molar refractivity (Wildman–Crippen MR) is 72.6 cm³/mol. The lowest BCUT2D eigenvalue weighted by atomic mass is 9.99. The predicted octanol–water partition coefficient (Wildman–Crippen LogP) is 0.0705. The third-order valence-electron chi connectivity index (χ3n) is 3.39. The van der Waals surface area contributed by atoms with Crippen LogP contribution >= 0.6 is 0 Å². The molecular formula is C13H27N3O2. The molecule has 1 saturated heterocycles. The van der Waals surface area contributed by atoms with Crippen molar-refractivity contribution in [1.29, 1.82) is 0 Å². The molecule has 0 radical (unpaired) electrons. The highest BCUT2D eigenvalue weighted by Gasteiger charge is 2.14. The van der Waals surface area contributed by atoms with Crippen LogP contribution in [0.25, 0.3) is 0 Å². The number of carbonyl (C=O) groups excluding carboxylic acids is 1. The molecule has 5 heteroatoms. The van der Waals surface area contributed by atoms with E-state index in [-0.39, 0.29) is 5.91 Å². The van der Waals surface area contributed by atoms with Gasteiger partial charge in [0.05, 0.1) is 13.2 Å². The van der Waals surface area contributed by atoms with Gasteiger partial charge in [-0.25, -0.2) is 0 Å². The second kappa shape index (κ2) is 9.30. The minimum atomic E-state index is 0.0662. The first-order valence-electron chi connectivity index (χ1n) is 6.91. The van der Waals surface area contributed by atoms with Gasteiger partial charge in [-0.3, -0.25) is 4.79 Å². The molecule has 1 rings (SSSR count). The Balaban J connectivity index is 1.95. The van der Waals surface area contributed by atoms with E-state index < -0.39 is 0 Å². The molecular weight excluding hydrogens is 230 g/mol. The Morgan fingerprint density at radius 1 is 1.33 bits per heavy atom. The minimum absolute atomic E-state index is 0.0662. The van der Waals surface area contributed by atoms with Gasteiger partial charge in [-0.05, 0) is 31.8 Å². The lowest BCUT2D eigenvalue weighted by molar-refractivity contribution is -0.120. The molecule has 1 fully saturated rings. The zero-order valence-corrected chi connectivity index (χ0v) is 11.7. The summed E-state index contributed by atoms with van der Waals surface area (Å²) < 4.78 is 4.89. The van der Waals surface area contributed by atoms with Gasteiger partial charge in [0.2, 0.25) is 5.91 Å². The fourth-order valence-corrected chi connectivity index (χ4v) is 2.08.